The van der Waals surface area contributed by atoms with Gasteiger partial charge in [0.1, 0.15) is 17.6 Å². The third-order valence-electron chi connectivity index (χ3n) is 4.72. The second kappa shape index (κ2) is 7.57. The topological polar surface area (TPSA) is 82.5 Å². The van der Waals surface area contributed by atoms with Crippen molar-refractivity contribution in [3.8, 4) is 28.8 Å². The van der Waals surface area contributed by atoms with E-state index in [2.05, 4.69) is 9.71 Å². The van der Waals surface area contributed by atoms with Crippen molar-refractivity contribution in [2.45, 2.75) is 30.6 Å². The number of nitrogens with one attached hydrogen (secondary N) is 1. The first-order valence-corrected chi connectivity index (χ1v) is 10.7. The van der Waals surface area contributed by atoms with Gasteiger partial charge in [-0.2, -0.15) is 18.2 Å². The number of hydrogen-bond acceptors (Lipinski definition) is 5. The van der Waals surface area contributed by atoms with Crippen LogP contribution in [0.5, 0.6) is 17.5 Å². The minimum Gasteiger partial charge on any atom is -0.460 e. The molecule has 0 amide bonds. The number of imidazole rings is 1. The van der Waals surface area contributed by atoms with E-state index in [-0.39, 0.29) is 22.5 Å². The summed E-state index contributed by atoms with van der Waals surface area (Å²) in [6.07, 6.45) is -2.78. The van der Waals surface area contributed by atoms with Crippen LogP contribution in [-0.4, -0.2) is 31.1 Å². The Morgan fingerprint density at radius 1 is 1.19 bits per heavy atom. The predicted molar refractivity (Wildman–Crippen MR) is 106 cm³/mol. The lowest BCUT2D eigenvalue weighted by atomic mass is 10.1. The van der Waals surface area contributed by atoms with Crippen LogP contribution < -0.4 is 14.2 Å². The van der Waals surface area contributed by atoms with Crippen LogP contribution in [0.4, 0.5) is 13.2 Å². The molecule has 4 rings (SSSR count). The number of halogens is 3. The lowest BCUT2D eigenvalue weighted by Crippen LogP contribution is -2.18. The van der Waals surface area contributed by atoms with Crippen LogP contribution in [0.1, 0.15) is 12.5 Å². The van der Waals surface area contributed by atoms with E-state index >= 15 is 0 Å². The number of ether oxygens (including phenoxy) is 2. The van der Waals surface area contributed by atoms with Gasteiger partial charge in [0.15, 0.2) is 0 Å². The number of sulfonamides is 1. The summed E-state index contributed by atoms with van der Waals surface area (Å²) in [5, 5.41) is 0. The summed E-state index contributed by atoms with van der Waals surface area (Å²) in [7, 11) is -2.45. The lowest BCUT2D eigenvalue weighted by molar-refractivity contribution is -0.137. The van der Waals surface area contributed by atoms with E-state index in [4.69, 9.17) is 9.47 Å². The average Bonchev–Trinajstić information content (AvgIpc) is 3.25. The van der Waals surface area contributed by atoms with Gasteiger partial charge in [-0.3, -0.25) is 4.57 Å². The van der Waals surface area contributed by atoms with Gasteiger partial charge in [-0.15, -0.1) is 0 Å². The molecule has 0 fully saturated rings. The Morgan fingerprint density at radius 2 is 1.90 bits per heavy atom. The number of hydrogen-bond donors (Lipinski definition) is 1. The van der Waals surface area contributed by atoms with Crippen LogP contribution in [0.25, 0.3) is 11.3 Å². The van der Waals surface area contributed by atoms with Crippen molar-refractivity contribution >= 4 is 10.0 Å². The first-order valence-electron chi connectivity index (χ1n) is 9.24. The summed E-state index contributed by atoms with van der Waals surface area (Å²) < 4.78 is 78.4. The number of rotatable bonds is 5. The van der Waals surface area contributed by atoms with E-state index in [1.54, 1.807) is 10.8 Å². The number of fused-ring (bicyclic) bond motifs is 1. The van der Waals surface area contributed by atoms with E-state index in [0.717, 1.165) is 12.1 Å². The van der Waals surface area contributed by atoms with E-state index in [1.165, 1.54) is 37.4 Å². The van der Waals surface area contributed by atoms with Gasteiger partial charge in [-0.25, -0.2) is 13.1 Å². The van der Waals surface area contributed by atoms with Crippen molar-refractivity contribution in [1.29, 1.82) is 0 Å². The van der Waals surface area contributed by atoms with E-state index in [0.29, 0.717) is 23.8 Å². The molecule has 1 aromatic heterocycles. The zero-order valence-corrected chi connectivity index (χ0v) is 17.3. The Morgan fingerprint density at radius 3 is 2.52 bits per heavy atom. The molecule has 0 aliphatic carbocycles. The highest BCUT2D eigenvalue weighted by Gasteiger charge is 2.30. The van der Waals surface area contributed by atoms with Gasteiger partial charge in [0.05, 0.1) is 22.7 Å². The molecule has 1 aliphatic heterocycles. The quantitative estimate of drug-likeness (QED) is 0.630. The highest BCUT2D eigenvalue weighted by atomic mass is 32.2. The number of nitrogens with zero attached hydrogens (tertiary/aromatic N) is 2. The molecule has 0 spiro atoms. The summed E-state index contributed by atoms with van der Waals surface area (Å²) in [5.74, 6) is 0.398. The zero-order chi connectivity index (χ0) is 22.4. The summed E-state index contributed by atoms with van der Waals surface area (Å²) in [4.78, 5) is 4.40. The molecule has 0 radical (unpaired) electrons. The van der Waals surface area contributed by atoms with Gasteiger partial charge in [-0.1, -0.05) is 0 Å². The molecule has 2 aromatic carbocycles. The third-order valence-corrected chi connectivity index (χ3v) is 6.13. The Hall–Kier alpha value is -3.05. The van der Waals surface area contributed by atoms with Crippen molar-refractivity contribution in [2.75, 3.05) is 7.05 Å². The minimum atomic E-state index is -4.46. The molecule has 2 heterocycles. The summed E-state index contributed by atoms with van der Waals surface area (Å²) in [6, 6.07) is 8.79. The Bertz CT molecular complexity index is 1200. The second-order valence-corrected chi connectivity index (χ2v) is 8.87. The zero-order valence-electron chi connectivity index (χ0n) is 16.5. The first-order chi connectivity index (χ1) is 14.6. The van der Waals surface area contributed by atoms with E-state index in [1.807, 2.05) is 6.92 Å². The number of aromatic nitrogens is 2. The fourth-order valence-corrected chi connectivity index (χ4v) is 3.93. The van der Waals surface area contributed by atoms with Crippen molar-refractivity contribution < 1.29 is 31.1 Å². The monoisotopic (exact) mass is 453 g/mol. The molecule has 1 atom stereocenters. The molecule has 7 nitrogen and oxygen atoms in total. The maximum Gasteiger partial charge on any atom is 0.416 e. The Balaban J connectivity index is 1.74. The highest BCUT2D eigenvalue weighted by molar-refractivity contribution is 7.89. The van der Waals surface area contributed by atoms with Crippen LogP contribution in [0.15, 0.2) is 53.6 Å². The molecule has 0 bridgehead atoms. The fraction of sp³-hybridized carbons (Fsp3) is 0.250. The SMILES string of the molecule is CNS(=O)(=O)c1ccc(Oc2ccc(C(F)(F)F)cc2)c(-c2cn3c(n2)OC(C)C3)c1. The van der Waals surface area contributed by atoms with Crippen molar-refractivity contribution in [3.05, 3.63) is 54.2 Å². The van der Waals surface area contributed by atoms with Crippen LogP contribution in [0, 0.1) is 0 Å². The third kappa shape index (κ3) is 4.23. The Kier molecular flexibility index (Phi) is 5.18. The van der Waals surface area contributed by atoms with Gasteiger partial charge in [0.2, 0.25) is 10.0 Å². The van der Waals surface area contributed by atoms with E-state index < -0.39 is 21.8 Å². The predicted octanol–water partition coefficient (Wildman–Crippen LogP) is 4.05. The molecular formula is C20H18F3N3O4S. The molecule has 11 heteroatoms. The van der Waals surface area contributed by atoms with Gasteiger partial charge >= 0.3 is 6.18 Å². The van der Waals surface area contributed by atoms with Crippen molar-refractivity contribution in [2.24, 2.45) is 0 Å². The van der Waals surface area contributed by atoms with Crippen LogP contribution in [0.3, 0.4) is 0 Å². The standard InChI is InChI=1S/C20H18F3N3O4S/c1-12-10-26-11-17(25-19(26)29-12)16-9-15(31(27,28)24-2)7-8-18(16)30-14-5-3-13(4-6-14)20(21,22)23/h3-9,11-12,24H,10H2,1-2H3. The number of alkyl halides is 3. The van der Waals surface area contributed by atoms with Crippen molar-refractivity contribution in [1.82, 2.24) is 14.3 Å². The molecule has 1 aliphatic rings. The lowest BCUT2D eigenvalue weighted by Gasteiger charge is -2.13. The van der Waals surface area contributed by atoms with Gasteiger partial charge < -0.3 is 9.47 Å². The van der Waals surface area contributed by atoms with Gasteiger partial charge in [0, 0.05) is 11.8 Å². The first kappa shape index (κ1) is 21.2. The Labute approximate surface area is 176 Å². The highest BCUT2D eigenvalue weighted by Crippen LogP contribution is 2.38. The summed E-state index contributed by atoms with van der Waals surface area (Å²) in [5.41, 5.74) is -0.0290. The molecule has 164 valence electrons. The maximum absolute atomic E-state index is 12.8. The molecule has 31 heavy (non-hydrogen) atoms. The van der Waals surface area contributed by atoms with Crippen LogP contribution in [0.2, 0.25) is 0 Å². The van der Waals surface area contributed by atoms with E-state index in [9.17, 15) is 21.6 Å². The number of benzene rings is 2. The van der Waals surface area contributed by atoms with Gasteiger partial charge in [-0.05, 0) is 56.4 Å². The van der Waals surface area contributed by atoms with Crippen molar-refractivity contribution in [3.63, 3.8) is 0 Å². The molecule has 1 unspecified atom stereocenters. The molecular weight excluding hydrogens is 435 g/mol. The minimum absolute atomic E-state index is 0.00721. The van der Waals surface area contributed by atoms with Gasteiger partial charge in [0.25, 0.3) is 6.01 Å². The maximum atomic E-state index is 12.8. The summed E-state index contributed by atoms with van der Waals surface area (Å²) in [6.45, 7) is 2.49. The van der Waals surface area contributed by atoms with Crippen LogP contribution >= 0.6 is 0 Å². The molecule has 0 saturated heterocycles. The largest absolute Gasteiger partial charge is 0.460 e. The second-order valence-electron chi connectivity index (χ2n) is 6.98. The summed E-state index contributed by atoms with van der Waals surface area (Å²) >= 11 is 0. The average molecular weight is 453 g/mol. The molecule has 0 saturated carbocycles. The smallest absolute Gasteiger partial charge is 0.416 e. The van der Waals surface area contributed by atoms with Crippen LogP contribution in [-0.2, 0) is 22.7 Å². The normalized spacial score (nSPS) is 16.1. The molecule has 3 aromatic rings. The molecule has 1 N–H and O–H groups in total. The fourth-order valence-electron chi connectivity index (χ4n) is 3.17.